The van der Waals surface area contributed by atoms with Crippen LogP contribution in [0.25, 0.3) is 6.08 Å². The third-order valence-electron chi connectivity index (χ3n) is 3.89. The fourth-order valence-electron chi connectivity index (χ4n) is 2.57. The average Bonchev–Trinajstić information content (AvgIpc) is 2.59. The lowest BCUT2D eigenvalue weighted by molar-refractivity contribution is 0.200. The third-order valence-corrected chi connectivity index (χ3v) is 3.89. The van der Waals surface area contributed by atoms with Gasteiger partial charge in [-0.3, -0.25) is 0 Å². The van der Waals surface area contributed by atoms with Crippen LogP contribution in [0.2, 0.25) is 0 Å². The molecule has 2 aromatic rings. The summed E-state index contributed by atoms with van der Waals surface area (Å²) in [4.78, 5) is 12.1. The minimum absolute atomic E-state index is 0.400. The number of amides is 1. The van der Waals surface area contributed by atoms with Gasteiger partial charge in [-0.05, 0) is 50.3 Å². The molecule has 2 rings (SSSR count). The highest BCUT2D eigenvalue weighted by molar-refractivity contribution is 5.74. The van der Waals surface area contributed by atoms with E-state index in [-0.39, 0.29) is 0 Å². The maximum absolute atomic E-state index is 12.1. The molecule has 1 N–H and O–H groups in total. The Bertz CT molecular complexity index is 705. The van der Waals surface area contributed by atoms with Gasteiger partial charge in [-0.1, -0.05) is 54.6 Å². The van der Waals surface area contributed by atoms with Gasteiger partial charge in [0.1, 0.15) is 5.75 Å². The fourth-order valence-corrected chi connectivity index (χ4v) is 2.57. The smallest absolute Gasteiger partial charge is 0.409 e. The van der Waals surface area contributed by atoms with E-state index in [2.05, 4.69) is 17.4 Å². The Morgan fingerprint density at radius 2 is 1.79 bits per heavy atom. The normalized spacial score (nSPS) is 10.8. The summed E-state index contributed by atoms with van der Waals surface area (Å²) < 4.78 is 5.56. The number of aryl methyl sites for hydroxylation is 3. The van der Waals surface area contributed by atoms with Crippen LogP contribution in [0, 0.1) is 13.8 Å². The zero-order chi connectivity index (χ0) is 17.4. The largest absolute Gasteiger partial charge is 0.412 e. The fraction of sp³-hybridized carbons (Fsp3) is 0.286. The zero-order valence-corrected chi connectivity index (χ0v) is 14.6. The average molecular weight is 323 g/mol. The van der Waals surface area contributed by atoms with Crippen LogP contribution in [0.4, 0.5) is 4.79 Å². The molecule has 0 aromatic heterocycles. The van der Waals surface area contributed by atoms with Crippen molar-refractivity contribution in [2.75, 3.05) is 6.54 Å². The Hall–Kier alpha value is -2.55. The minimum atomic E-state index is -0.400. The van der Waals surface area contributed by atoms with E-state index in [1.807, 2.05) is 63.3 Å². The summed E-state index contributed by atoms with van der Waals surface area (Å²) in [5.41, 5.74) is 4.27. The molecule has 3 nitrogen and oxygen atoms in total. The Labute approximate surface area is 144 Å². The number of ether oxygens (including phenoxy) is 1. The van der Waals surface area contributed by atoms with Gasteiger partial charge >= 0.3 is 6.09 Å². The van der Waals surface area contributed by atoms with Crippen molar-refractivity contribution in [1.29, 1.82) is 0 Å². The molecule has 0 unspecified atom stereocenters. The number of rotatable bonds is 6. The molecule has 0 atom stereocenters. The molecule has 126 valence electrons. The van der Waals surface area contributed by atoms with E-state index in [0.29, 0.717) is 12.3 Å². The summed E-state index contributed by atoms with van der Waals surface area (Å²) in [6.07, 6.45) is 5.34. The van der Waals surface area contributed by atoms with Crippen LogP contribution < -0.4 is 10.1 Å². The molecule has 0 aliphatic carbocycles. The first-order chi connectivity index (χ1) is 11.6. The highest BCUT2D eigenvalue weighted by Gasteiger charge is 2.12. The van der Waals surface area contributed by atoms with Crippen molar-refractivity contribution in [3.05, 3.63) is 70.8 Å². The van der Waals surface area contributed by atoms with Gasteiger partial charge in [0.15, 0.2) is 0 Å². The number of allylic oxidation sites excluding steroid dienone is 1. The van der Waals surface area contributed by atoms with E-state index in [9.17, 15) is 4.79 Å². The van der Waals surface area contributed by atoms with E-state index in [1.165, 1.54) is 5.56 Å². The van der Waals surface area contributed by atoms with E-state index in [1.54, 1.807) is 0 Å². The molecule has 0 aliphatic heterocycles. The molecular weight excluding hydrogens is 298 g/mol. The summed E-state index contributed by atoms with van der Waals surface area (Å²) in [5.74, 6) is 0.633. The zero-order valence-electron chi connectivity index (χ0n) is 14.6. The number of carbonyl (C=O) groups is 1. The molecule has 24 heavy (non-hydrogen) atoms. The van der Waals surface area contributed by atoms with E-state index in [0.717, 1.165) is 29.5 Å². The molecule has 1 amide bonds. The Morgan fingerprint density at radius 1 is 1.08 bits per heavy atom. The maximum Gasteiger partial charge on any atom is 0.412 e. The minimum Gasteiger partial charge on any atom is -0.409 e. The van der Waals surface area contributed by atoms with Crippen LogP contribution in [0.3, 0.4) is 0 Å². The van der Waals surface area contributed by atoms with Gasteiger partial charge in [-0.15, -0.1) is 0 Å². The van der Waals surface area contributed by atoms with Gasteiger partial charge in [0.05, 0.1) is 0 Å². The Kier molecular flexibility index (Phi) is 6.62. The van der Waals surface area contributed by atoms with Crippen molar-refractivity contribution in [3.63, 3.8) is 0 Å². The van der Waals surface area contributed by atoms with Crippen LogP contribution >= 0.6 is 0 Å². The first kappa shape index (κ1) is 17.8. The van der Waals surface area contributed by atoms with Crippen LogP contribution in [-0.4, -0.2) is 12.6 Å². The molecule has 0 saturated heterocycles. The summed E-state index contributed by atoms with van der Waals surface area (Å²) in [6.45, 7) is 6.51. The van der Waals surface area contributed by atoms with Crippen molar-refractivity contribution in [2.24, 2.45) is 0 Å². The molecular formula is C21H25NO2. The van der Waals surface area contributed by atoms with Crippen molar-refractivity contribution in [1.82, 2.24) is 5.32 Å². The van der Waals surface area contributed by atoms with Gasteiger partial charge in [0.2, 0.25) is 0 Å². The summed E-state index contributed by atoms with van der Waals surface area (Å²) in [6, 6.07) is 14.3. The molecule has 0 aliphatic rings. The van der Waals surface area contributed by atoms with Gasteiger partial charge in [-0.2, -0.15) is 0 Å². The van der Waals surface area contributed by atoms with Gasteiger partial charge in [-0.25, -0.2) is 4.79 Å². The van der Waals surface area contributed by atoms with Gasteiger partial charge in [0, 0.05) is 12.1 Å². The van der Waals surface area contributed by atoms with Crippen LogP contribution in [0.15, 0.2) is 48.5 Å². The monoisotopic (exact) mass is 323 g/mol. The lowest BCUT2D eigenvalue weighted by Gasteiger charge is -2.13. The van der Waals surface area contributed by atoms with Crippen LogP contribution in [0.5, 0.6) is 5.75 Å². The first-order valence-corrected chi connectivity index (χ1v) is 8.34. The molecule has 0 radical (unpaired) electrons. The molecule has 0 heterocycles. The van der Waals surface area contributed by atoms with Crippen molar-refractivity contribution >= 4 is 12.2 Å². The second kappa shape index (κ2) is 8.92. The van der Waals surface area contributed by atoms with E-state index in [4.69, 9.17) is 4.74 Å². The van der Waals surface area contributed by atoms with E-state index >= 15 is 0 Å². The third kappa shape index (κ3) is 4.98. The Balaban J connectivity index is 1.89. The van der Waals surface area contributed by atoms with Crippen molar-refractivity contribution < 1.29 is 9.53 Å². The SMILES string of the molecule is C/C=C\c1c(C)ccc(C)c1OC(=O)NCCCc1ccccc1. The maximum atomic E-state index is 12.1. The number of benzene rings is 2. The molecule has 0 fully saturated rings. The molecule has 0 spiro atoms. The predicted octanol–water partition coefficient (Wildman–Crippen LogP) is 5.06. The van der Waals surface area contributed by atoms with Crippen LogP contribution in [0.1, 0.15) is 35.6 Å². The standard InChI is InChI=1S/C21H25NO2/c1-4-9-19-16(2)13-14-17(3)20(19)24-21(23)22-15-8-12-18-10-6-5-7-11-18/h4-7,9-11,13-14H,8,12,15H2,1-3H3,(H,22,23)/b9-4-. The molecule has 3 heteroatoms. The van der Waals surface area contributed by atoms with Crippen molar-refractivity contribution in [3.8, 4) is 5.75 Å². The second-order valence-corrected chi connectivity index (χ2v) is 5.85. The quantitative estimate of drug-likeness (QED) is 0.755. The van der Waals surface area contributed by atoms with Crippen molar-refractivity contribution in [2.45, 2.75) is 33.6 Å². The Morgan fingerprint density at radius 3 is 2.50 bits per heavy atom. The molecule has 2 aromatic carbocycles. The van der Waals surface area contributed by atoms with Gasteiger partial charge in [0.25, 0.3) is 0 Å². The highest BCUT2D eigenvalue weighted by Crippen LogP contribution is 2.28. The lowest BCUT2D eigenvalue weighted by atomic mass is 10.0. The molecule has 0 bridgehead atoms. The van der Waals surface area contributed by atoms with Gasteiger partial charge < -0.3 is 10.1 Å². The predicted molar refractivity (Wildman–Crippen MR) is 99.4 cm³/mol. The number of hydrogen-bond donors (Lipinski definition) is 1. The number of hydrogen-bond acceptors (Lipinski definition) is 2. The highest BCUT2D eigenvalue weighted by atomic mass is 16.6. The summed E-state index contributed by atoms with van der Waals surface area (Å²) in [5, 5.41) is 2.83. The van der Waals surface area contributed by atoms with E-state index < -0.39 is 6.09 Å². The summed E-state index contributed by atoms with van der Waals surface area (Å²) >= 11 is 0. The summed E-state index contributed by atoms with van der Waals surface area (Å²) in [7, 11) is 0. The molecule has 0 saturated carbocycles. The first-order valence-electron chi connectivity index (χ1n) is 8.34. The second-order valence-electron chi connectivity index (χ2n) is 5.85. The number of carbonyl (C=O) groups excluding carboxylic acids is 1. The van der Waals surface area contributed by atoms with Crippen LogP contribution in [-0.2, 0) is 6.42 Å². The topological polar surface area (TPSA) is 38.3 Å². The number of nitrogens with one attached hydrogen (secondary N) is 1. The lowest BCUT2D eigenvalue weighted by Crippen LogP contribution is -2.28.